The van der Waals surface area contributed by atoms with E-state index in [9.17, 15) is 13.6 Å². The van der Waals surface area contributed by atoms with Crippen molar-refractivity contribution in [1.29, 1.82) is 0 Å². The molecule has 94 valence electrons. The van der Waals surface area contributed by atoms with Gasteiger partial charge in [-0.15, -0.1) is 11.6 Å². The molecule has 0 aliphatic carbocycles. The van der Waals surface area contributed by atoms with E-state index in [0.717, 1.165) is 4.90 Å². The molecule has 16 heavy (non-hydrogen) atoms. The summed E-state index contributed by atoms with van der Waals surface area (Å²) in [4.78, 5) is 13.1. The maximum atomic E-state index is 12.3. The Morgan fingerprint density at radius 1 is 1.62 bits per heavy atom. The van der Waals surface area contributed by atoms with Gasteiger partial charge in [0.2, 0.25) is 5.91 Å². The van der Waals surface area contributed by atoms with Crippen molar-refractivity contribution < 1.29 is 18.3 Å². The minimum absolute atomic E-state index is 0.161. The number of hydrogen-bond acceptors (Lipinski definition) is 2. The van der Waals surface area contributed by atoms with E-state index >= 15 is 0 Å². The molecule has 1 saturated heterocycles. The third-order valence-corrected chi connectivity index (χ3v) is 2.89. The topological polar surface area (TPSA) is 29.5 Å². The molecule has 2 unspecified atom stereocenters. The lowest BCUT2D eigenvalue weighted by atomic mass is 10.0. The third-order valence-electron chi connectivity index (χ3n) is 2.72. The molecular weight excluding hydrogens is 240 g/mol. The molecule has 0 aromatic heterocycles. The minimum atomic E-state index is -2.52. The number of hydrogen-bond donors (Lipinski definition) is 0. The lowest BCUT2D eigenvalue weighted by molar-refractivity contribution is -0.138. The monoisotopic (exact) mass is 255 g/mol. The molecule has 1 aliphatic heterocycles. The van der Waals surface area contributed by atoms with E-state index in [4.69, 9.17) is 16.3 Å². The molecule has 1 amide bonds. The normalized spacial score (nSPS) is 25.1. The summed E-state index contributed by atoms with van der Waals surface area (Å²) in [6.07, 6.45) is -2.12. The van der Waals surface area contributed by atoms with Gasteiger partial charge >= 0.3 is 0 Å². The zero-order valence-electron chi connectivity index (χ0n) is 9.17. The Bertz CT molecular complexity index is 241. The molecule has 1 aliphatic rings. The number of carbonyl (C=O) groups excluding carboxylic acids is 1. The number of amides is 1. The first-order valence-corrected chi connectivity index (χ1v) is 5.84. The van der Waals surface area contributed by atoms with Crippen LogP contribution in [0.4, 0.5) is 8.78 Å². The number of ether oxygens (including phenoxy) is 1. The minimum Gasteiger partial charge on any atom is -0.378 e. The SMILES string of the molecule is CC1OCCC1C(=O)N(CCCl)CC(F)F. The van der Waals surface area contributed by atoms with Gasteiger partial charge in [0.15, 0.2) is 0 Å². The second-order valence-electron chi connectivity index (χ2n) is 3.84. The van der Waals surface area contributed by atoms with Crippen LogP contribution in [0.15, 0.2) is 0 Å². The highest BCUT2D eigenvalue weighted by atomic mass is 35.5. The zero-order chi connectivity index (χ0) is 12.1. The Balaban J connectivity index is 2.58. The number of rotatable bonds is 5. The van der Waals surface area contributed by atoms with Crippen LogP contribution < -0.4 is 0 Å². The van der Waals surface area contributed by atoms with Crippen LogP contribution in [0.5, 0.6) is 0 Å². The Labute approximate surface area is 98.7 Å². The second kappa shape index (κ2) is 6.35. The fraction of sp³-hybridized carbons (Fsp3) is 0.900. The number of carbonyl (C=O) groups is 1. The van der Waals surface area contributed by atoms with Crippen molar-refractivity contribution in [3.05, 3.63) is 0 Å². The van der Waals surface area contributed by atoms with Crippen molar-refractivity contribution in [3.8, 4) is 0 Å². The van der Waals surface area contributed by atoms with Crippen LogP contribution in [-0.4, -0.2) is 48.9 Å². The second-order valence-corrected chi connectivity index (χ2v) is 4.21. The van der Waals surface area contributed by atoms with Crippen LogP contribution in [0.3, 0.4) is 0 Å². The lowest BCUT2D eigenvalue weighted by Crippen LogP contribution is -2.42. The van der Waals surface area contributed by atoms with Gasteiger partial charge in [0.1, 0.15) is 0 Å². The van der Waals surface area contributed by atoms with Crippen LogP contribution in [-0.2, 0) is 9.53 Å². The average molecular weight is 256 g/mol. The van der Waals surface area contributed by atoms with Crippen LogP contribution in [0, 0.1) is 5.92 Å². The molecule has 2 atom stereocenters. The van der Waals surface area contributed by atoms with Crippen molar-refractivity contribution in [2.45, 2.75) is 25.9 Å². The number of nitrogens with zero attached hydrogens (tertiary/aromatic N) is 1. The van der Waals surface area contributed by atoms with E-state index in [1.54, 1.807) is 6.92 Å². The number of alkyl halides is 3. The van der Waals surface area contributed by atoms with E-state index in [-0.39, 0.29) is 30.4 Å². The summed E-state index contributed by atoms with van der Waals surface area (Å²) in [5.41, 5.74) is 0. The molecule has 0 N–H and O–H groups in total. The van der Waals surface area contributed by atoms with Gasteiger partial charge in [-0.2, -0.15) is 0 Å². The van der Waals surface area contributed by atoms with E-state index in [2.05, 4.69) is 0 Å². The van der Waals surface area contributed by atoms with Crippen LogP contribution in [0.2, 0.25) is 0 Å². The van der Waals surface area contributed by atoms with Gasteiger partial charge in [0.25, 0.3) is 6.43 Å². The molecule has 1 fully saturated rings. The first kappa shape index (κ1) is 13.6. The van der Waals surface area contributed by atoms with Crippen molar-refractivity contribution >= 4 is 17.5 Å². The van der Waals surface area contributed by atoms with E-state index in [1.165, 1.54) is 0 Å². The fourth-order valence-corrected chi connectivity index (χ4v) is 2.05. The molecule has 0 aromatic rings. The first-order valence-electron chi connectivity index (χ1n) is 5.30. The predicted molar refractivity (Wildman–Crippen MR) is 56.8 cm³/mol. The quantitative estimate of drug-likeness (QED) is 0.701. The largest absolute Gasteiger partial charge is 0.378 e. The summed E-state index contributed by atoms with van der Waals surface area (Å²) < 4.78 is 29.8. The van der Waals surface area contributed by atoms with Gasteiger partial charge < -0.3 is 9.64 Å². The highest BCUT2D eigenvalue weighted by Gasteiger charge is 2.34. The molecule has 3 nitrogen and oxygen atoms in total. The molecule has 0 saturated carbocycles. The van der Waals surface area contributed by atoms with Crippen molar-refractivity contribution in [2.75, 3.05) is 25.6 Å². The standard InChI is InChI=1S/C10H16ClF2NO2/c1-7-8(2-5-16-7)10(15)14(4-3-11)6-9(12)13/h7-9H,2-6H2,1H3. The van der Waals surface area contributed by atoms with E-state index < -0.39 is 13.0 Å². The average Bonchev–Trinajstić information content (AvgIpc) is 2.62. The summed E-state index contributed by atoms with van der Waals surface area (Å²) in [5.74, 6) is -0.409. The van der Waals surface area contributed by atoms with Gasteiger partial charge in [-0.25, -0.2) is 8.78 Å². The lowest BCUT2D eigenvalue weighted by Gasteiger charge is -2.25. The highest BCUT2D eigenvalue weighted by Crippen LogP contribution is 2.23. The summed E-state index contributed by atoms with van der Waals surface area (Å²) in [7, 11) is 0. The Morgan fingerprint density at radius 3 is 2.75 bits per heavy atom. The Morgan fingerprint density at radius 2 is 2.31 bits per heavy atom. The first-order chi connectivity index (χ1) is 7.56. The summed E-state index contributed by atoms with van der Waals surface area (Å²) >= 11 is 5.50. The fourth-order valence-electron chi connectivity index (χ4n) is 1.85. The predicted octanol–water partition coefficient (Wildman–Crippen LogP) is 1.74. The third kappa shape index (κ3) is 3.56. The molecule has 0 bridgehead atoms. The summed E-state index contributed by atoms with van der Waals surface area (Å²) in [6.45, 7) is 1.92. The molecule has 1 heterocycles. The summed E-state index contributed by atoms with van der Waals surface area (Å²) in [6, 6.07) is 0. The van der Waals surface area contributed by atoms with Gasteiger partial charge in [0, 0.05) is 19.0 Å². The Kier molecular flexibility index (Phi) is 5.41. The maximum Gasteiger partial charge on any atom is 0.255 e. The van der Waals surface area contributed by atoms with Crippen molar-refractivity contribution in [3.63, 3.8) is 0 Å². The number of halogens is 3. The van der Waals surface area contributed by atoms with Crippen LogP contribution in [0.25, 0.3) is 0 Å². The Hall–Kier alpha value is -0.420. The summed E-state index contributed by atoms with van der Waals surface area (Å²) in [5, 5.41) is 0. The molecule has 0 radical (unpaired) electrons. The van der Waals surface area contributed by atoms with Crippen molar-refractivity contribution in [2.24, 2.45) is 5.92 Å². The van der Waals surface area contributed by atoms with Crippen LogP contribution in [0.1, 0.15) is 13.3 Å². The molecule has 0 aromatic carbocycles. The van der Waals surface area contributed by atoms with Gasteiger partial charge in [-0.05, 0) is 13.3 Å². The van der Waals surface area contributed by atoms with Crippen molar-refractivity contribution in [1.82, 2.24) is 4.90 Å². The van der Waals surface area contributed by atoms with Gasteiger partial charge in [-0.3, -0.25) is 4.79 Å². The van der Waals surface area contributed by atoms with E-state index in [1.807, 2.05) is 0 Å². The van der Waals surface area contributed by atoms with Gasteiger partial charge in [0.05, 0.1) is 18.6 Å². The molecule has 1 rings (SSSR count). The maximum absolute atomic E-state index is 12.3. The zero-order valence-corrected chi connectivity index (χ0v) is 9.92. The molecular formula is C10H16ClF2NO2. The van der Waals surface area contributed by atoms with Gasteiger partial charge in [-0.1, -0.05) is 0 Å². The highest BCUT2D eigenvalue weighted by molar-refractivity contribution is 6.18. The smallest absolute Gasteiger partial charge is 0.255 e. The van der Waals surface area contributed by atoms with Crippen LogP contribution >= 0.6 is 11.6 Å². The van der Waals surface area contributed by atoms with E-state index in [0.29, 0.717) is 13.0 Å². The molecule has 6 heteroatoms. The molecule has 0 spiro atoms.